The van der Waals surface area contributed by atoms with E-state index in [9.17, 15) is 4.79 Å². The Kier molecular flexibility index (Phi) is 2.17. The number of nitrogens with zero attached hydrogens (tertiary/aromatic N) is 1. The van der Waals surface area contributed by atoms with Crippen LogP contribution >= 0.6 is 11.6 Å². The second-order valence-corrected chi connectivity index (χ2v) is 3.28. The second-order valence-electron chi connectivity index (χ2n) is 2.87. The molecule has 0 unspecified atom stereocenters. The predicted octanol–water partition coefficient (Wildman–Crippen LogP) is 2.38. The van der Waals surface area contributed by atoms with E-state index in [1.807, 2.05) is 12.3 Å². The molecule has 0 aromatic carbocycles. The lowest BCUT2D eigenvalue weighted by molar-refractivity contribution is 0.0601. The van der Waals surface area contributed by atoms with Crippen LogP contribution in [0.1, 0.15) is 10.4 Å². The molecule has 2 heterocycles. The van der Waals surface area contributed by atoms with Crippen molar-refractivity contribution in [1.29, 1.82) is 0 Å². The number of carbonyl (C=O) groups is 1. The van der Waals surface area contributed by atoms with Crippen LogP contribution in [0.15, 0.2) is 30.6 Å². The minimum Gasteiger partial charge on any atom is -0.465 e. The zero-order chi connectivity index (χ0) is 10.1. The van der Waals surface area contributed by atoms with E-state index in [0.717, 1.165) is 5.52 Å². The molecule has 0 saturated carbocycles. The molecule has 0 atom stereocenters. The maximum atomic E-state index is 11.2. The Morgan fingerprint density at radius 1 is 1.57 bits per heavy atom. The van der Waals surface area contributed by atoms with Crippen molar-refractivity contribution in [1.82, 2.24) is 4.40 Å². The van der Waals surface area contributed by atoms with Gasteiger partial charge in [0.2, 0.25) is 0 Å². The summed E-state index contributed by atoms with van der Waals surface area (Å²) >= 11 is 5.95. The maximum absolute atomic E-state index is 11.2. The summed E-state index contributed by atoms with van der Waals surface area (Å²) in [4.78, 5) is 11.2. The number of hydrogen-bond donors (Lipinski definition) is 0. The Morgan fingerprint density at radius 3 is 3.00 bits per heavy atom. The van der Waals surface area contributed by atoms with E-state index in [-0.39, 0.29) is 5.97 Å². The number of halogens is 1. The Morgan fingerprint density at radius 2 is 2.36 bits per heavy atom. The van der Waals surface area contributed by atoms with Gasteiger partial charge < -0.3 is 9.14 Å². The first-order valence-corrected chi connectivity index (χ1v) is 4.44. The molecule has 4 heteroatoms. The third kappa shape index (κ3) is 1.36. The van der Waals surface area contributed by atoms with E-state index >= 15 is 0 Å². The lowest BCUT2D eigenvalue weighted by Crippen LogP contribution is -1.98. The highest BCUT2D eigenvalue weighted by atomic mass is 35.5. The fourth-order valence-electron chi connectivity index (χ4n) is 1.33. The first-order valence-electron chi connectivity index (χ1n) is 4.07. The molecule has 0 bridgehead atoms. The van der Waals surface area contributed by atoms with E-state index in [4.69, 9.17) is 11.6 Å². The zero-order valence-corrected chi connectivity index (χ0v) is 8.28. The topological polar surface area (TPSA) is 30.7 Å². The molecule has 0 spiro atoms. The van der Waals surface area contributed by atoms with Gasteiger partial charge in [-0.3, -0.25) is 0 Å². The fourth-order valence-corrected chi connectivity index (χ4v) is 1.55. The number of methoxy groups -OCH3 is 1. The molecule has 0 saturated heterocycles. The van der Waals surface area contributed by atoms with Gasteiger partial charge in [0.25, 0.3) is 0 Å². The van der Waals surface area contributed by atoms with Crippen molar-refractivity contribution < 1.29 is 9.53 Å². The van der Waals surface area contributed by atoms with Crippen molar-refractivity contribution in [2.45, 2.75) is 0 Å². The van der Waals surface area contributed by atoms with Crippen molar-refractivity contribution in [3.8, 4) is 0 Å². The van der Waals surface area contributed by atoms with Crippen LogP contribution in [0, 0.1) is 0 Å². The Labute approximate surface area is 85.9 Å². The van der Waals surface area contributed by atoms with Crippen LogP contribution in [0.5, 0.6) is 0 Å². The van der Waals surface area contributed by atoms with Gasteiger partial charge in [-0.15, -0.1) is 0 Å². The molecule has 2 rings (SSSR count). The average molecular weight is 210 g/mol. The van der Waals surface area contributed by atoms with E-state index in [0.29, 0.717) is 10.6 Å². The van der Waals surface area contributed by atoms with E-state index in [1.54, 1.807) is 22.7 Å². The van der Waals surface area contributed by atoms with Crippen LogP contribution in [0.4, 0.5) is 0 Å². The largest absolute Gasteiger partial charge is 0.465 e. The van der Waals surface area contributed by atoms with Gasteiger partial charge in [0.05, 0.1) is 23.2 Å². The van der Waals surface area contributed by atoms with E-state index in [2.05, 4.69) is 4.74 Å². The Hall–Kier alpha value is -1.48. The third-order valence-corrected chi connectivity index (χ3v) is 2.32. The van der Waals surface area contributed by atoms with Crippen molar-refractivity contribution in [2.75, 3.05) is 7.11 Å². The van der Waals surface area contributed by atoms with Gasteiger partial charge >= 0.3 is 5.97 Å². The number of hydrogen-bond acceptors (Lipinski definition) is 2. The first kappa shape index (κ1) is 9.09. The van der Waals surface area contributed by atoms with Crippen LogP contribution in [0.2, 0.25) is 5.02 Å². The number of pyridine rings is 1. The summed E-state index contributed by atoms with van der Waals surface area (Å²) in [6.45, 7) is 0. The van der Waals surface area contributed by atoms with Gasteiger partial charge in [0, 0.05) is 12.4 Å². The van der Waals surface area contributed by atoms with Crippen LogP contribution < -0.4 is 0 Å². The summed E-state index contributed by atoms with van der Waals surface area (Å²) in [6.07, 6.45) is 3.51. The monoisotopic (exact) mass is 209 g/mol. The van der Waals surface area contributed by atoms with Crippen molar-refractivity contribution in [3.05, 3.63) is 41.2 Å². The number of esters is 1. The maximum Gasteiger partial charge on any atom is 0.339 e. The first-order chi connectivity index (χ1) is 6.72. The number of rotatable bonds is 1. The summed E-state index contributed by atoms with van der Waals surface area (Å²) in [5, 5.41) is 0.614. The predicted molar refractivity (Wildman–Crippen MR) is 53.7 cm³/mol. The summed E-state index contributed by atoms with van der Waals surface area (Å²) < 4.78 is 6.40. The van der Waals surface area contributed by atoms with Crippen LogP contribution in [0.3, 0.4) is 0 Å². The molecular formula is C10H8ClNO2. The van der Waals surface area contributed by atoms with E-state index < -0.39 is 0 Å². The van der Waals surface area contributed by atoms with Crippen LogP contribution in [0.25, 0.3) is 5.52 Å². The van der Waals surface area contributed by atoms with Crippen LogP contribution in [-0.4, -0.2) is 17.5 Å². The molecular weight excluding hydrogens is 202 g/mol. The van der Waals surface area contributed by atoms with Gasteiger partial charge in [-0.2, -0.15) is 0 Å². The van der Waals surface area contributed by atoms with Crippen LogP contribution in [-0.2, 0) is 4.74 Å². The minimum atomic E-state index is -0.357. The summed E-state index contributed by atoms with van der Waals surface area (Å²) in [7, 11) is 1.35. The standard InChI is InChI=1S/C10H8ClNO2/c1-14-10(13)7-5-9-8(11)3-2-4-12(9)6-7/h2-6H,1H3. The molecule has 0 radical (unpaired) electrons. The molecule has 0 aliphatic heterocycles. The second kappa shape index (κ2) is 3.35. The molecule has 14 heavy (non-hydrogen) atoms. The van der Waals surface area contributed by atoms with E-state index in [1.165, 1.54) is 7.11 Å². The summed E-state index contributed by atoms with van der Waals surface area (Å²) in [6, 6.07) is 5.29. The molecule has 0 aliphatic carbocycles. The lowest BCUT2D eigenvalue weighted by Gasteiger charge is -1.93. The molecule has 72 valence electrons. The smallest absolute Gasteiger partial charge is 0.339 e. The highest BCUT2D eigenvalue weighted by Gasteiger charge is 2.09. The fraction of sp³-hybridized carbons (Fsp3) is 0.100. The summed E-state index contributed by atoms with van der Waals surface area (Å²) in [5.41, 5.74) is 1.30. The normalized spacial score (nSPS) is 10.4. The van der Waals surface area contributed by atoms with Gasteiger partial charge in [0.15, 0.2) is 0 Å². The number of fused-ring (bicyclic) bond motifs is 1. The molecule has 2 aromatic rings. The Bertz CT molecular complexity index is 490. The number of carbonyl (C=O) groups excluding carboxylic acids is 1. The molecule has 2 aromatic heterocycles. The minimum absolute atomic E-state index is 0.357. The van der Waals surface area contributed by atoms with Gasteiger partial charge in [-0.05, 0) is 18.2 Å². The lowest BCUT2D eigenvalue weighted by atomic mass is 10.3. The highest BCUT2D eigenvalue weighted by Crippen LogP contribution is 2.19. The van der Waals surface area contributed by atoms with Gasteiger partial charge in [-0.25, -0.2) is 4.79 Å². The zero-order valence-electron chi connectivity index (χ0n) is 7.53. The van der Waals surface area contributed by atoms with Gasteiger partial charge in [0.1, 0.15) is 0 Å². The molecule has 3 nitrogen and oxygen atoms in total. The third-order valence-electron chi connectivity index (χ3n) is 2.00. The molecule has 0 fully saturated rings. The quantitative estimate of drug-likeness (QED) is 0.676. The average Bonchev–Trinajstić information content (AvgIpc) is 2.62. The molecule has 0 aliphatic rings. The molecule has 0 N–H and O–H groups in total. The number of ether oxygens (including phenoxy) is 1. The van der Waals surface area contributed by atoms with Crippen molar-refractivity contribution in [2.24, 2.45) is 0 Å². The molecule has 0 amide bonds. The Balaban J connectivity index is 2.62. The summed E-state index contributed by atoms with van der Waals surface area (Å²) in [5.74, 6) is -0.357. The number of aromatic nitrogens is 1. The van der Waals surface area contributed by atoms with Crippen molar-refractivity contribution in [3.63, 3.8) is 0 Å². The SMILES string of the molecule is COC(=O)c1cc2c(Cl)cccn2c1. The van der Waals surface area contributed by atoms with Crippen molar-refractivity contribution >= 4 is 23.1 Å². The van der Waals surface area contributed by atoms with Gasteiger partial charge in [-0.1, -0.05) is 11.6 Å². The highest BCUT2D eigenvalue weighted by molar-refractivity contribution is 6.33.